The average Bonchev–Trinajstić information content (AvgIpc) is 2.57. The number of methoxy groups -OCH3 is 1. The Morgan fingerprint density at radius 2 is 1.72 bits per heavy atom. The summed E-state index contributed by atoms with van der Waals surface area (Å²) in [6.07, 6.45) is 0. The van der Waals surface area contributed by atoms with E-state index in [1.165, 1.54) is 36.4 Å². The van der Waals surface area contributed by atoms with Crippen LogP contribution in [0.5, 0.6) is 0 Å². The first-order chi connectivity index (χ1) is 11.7. The zero-order valence-corrected chi connectivity index (χ0v) is 16.5. The third-order valence-electron chi connectivity index (χ3n) is 3.18. The van der Waals surface area contributed by atoms with E-state index in [0.29, 0.717) is 0 Å². The van der Waals surface area contributed by atoms with Gasteiger partial charge in [0, 0.05) is 0 Å². The van der Waals surface area contributed by atoms with Crippen molar-refractivity contribution in [2.75, 3.05) is 18.0 Å². The van der Waals surface area contributed by atoms with E-state index in [1.54, 1.807) is 0 Å². The second-order valence-electron chi connectivity index (χ2n) is 4.74. The van der Waals surface area contributed by atoms with Crippen LogP contribution in [-0.2, 0) is 19.6 Å². The van der Waals surface area contributed by atoms with Crippen LogP contribution in [0.1, 0.15) is 0 Å². The largest absolute Gasteiger partial charge is 0.468 e. The summed E-state index contributed by atoms with van der Waals surface area (Å²) in [7, 11) is -3.05. The number of ether oxygens (including phenoxy) is 1. The molecule has 5 nitrogen and oxygen atoms in total. The van der Waals surface area contributed by atoms with Gasteiger partial charge in [-0.1, -0.05) is 52.5 Å². The van der Waals surface area contributed by atoms with Crippen LogP contribution < -0.4 is 4.31 Å². The number of esters is 1. The van der Waals surface area contributed by atoms with Crippen LogP contribution in [0.2, 0.25) is 20.1 Å². The van der Waals surface area contributed by atoms with Crippen LogP contribution in [0.25, 0.3) is 0 Å². The Bertz CT molecular complexity index is 918. The maximum absolute atomic E-state index is 13.0. The summed E-state index contributed by atoms with van der Waals surface area (Å²) < 4.78 is 31.4. The van der Waals surface area contributed by atoms with Crippen LogP contribution in [0, 0.1) is 0 Å². The van der Waals surface area contributed by atoms with Crippen LogP contribution in [0.15, 0.2) is 41.3 Å². The summed E-state index contributed by atoms with van der Waals surface area (Å²) in [5.74, 6) is -0.778. The van der Waals surface area contributed by atoms with E-state index in [4.69, 9.17) is 46.4 Å². The fourth-order valence-electron chi connectivity index (χ4n) is 1.93. The molecule has 2 rings (SSSR count). The Labute approximate surface area is 165 Å². The van der Waals surface area contributed by atoms with Crippen LogP contribution in [0.3, 0.4) is 0 Å². The van der Waals surface area contributed by atoms with Crippen molar-refractivity contribution in [2.45, 2.75) is 4.90 Å². The minimum atomic E-state index is -4.19. The summed E-state index contributed by atoms with van der Waals surface area (Å²) in [6, 6.07) is 8.22. The van der Waals surface area contributed by atoms with Gasteiger partial charge in [0.1, 0.15) is 6.54 Å². The van der Waals surface area contributed by atoms with E-state index in [1.807, 2.05) is 0 Å². The zero-order valence-electron chi connectivity index (χ0n) is 12.7. The molecule has 0 amide bonds. The molecule has 0 unspecified atom stereocenters. The molecule has 25 heavy (non-hydrogen) atoms. The summed E-state index contributed by atoms with van der Waals surface area (Å²) in [4.78, 5) is 11.6. The first kappa shape index (κ1) is 20.1. The monoisotopic (exact) mass is 441 g/mol. The van der Waals surface area contributed by atoms with Gasteiger partial charge < -0.3 is 4.74 Å². The van der Waals surface area contributed by atoms with Crippen molar-refractivity contribution in [3.63, 3.8) is 0 Å². The molecule has 10 heteroatoms. The minimum absolute atomic E-state index is 0.0169. The van der Waals surface area contributed by atoms with Crippen molar-refractivity contribution < 1.29 is 17.9 Å². The van der Waals surface area contributed by atoms with Gasteiger partial charge in [-0.15, -0.1) is 0 Å². The maximum atomic E-state index is 13.0. The van der Waals surface area contributed by atoms with E-state index < -0.39 is 22.5 Å². The van der Waals surface area contributed by atoms with Crippen molar-refractivity contribution in [3.8, 4) is 0 Å². The number of hydrogen-bond acceptors (Lipinski definition) is 4. The zero-order chi connectivity index (χ0) is 18.8. The molecule has 0 heterocycles. The molecule has 134 valence electrons. The fraction of sp³-hybridized carbons (Fsp3) is 0.133. The van der Waals surface area contributed by atoms with Gasteiger partial charge in [-0.3, -0.25) is 9.10 Å². The van der Waals surface area contributed by atoms with E-state index in [0.717, 1.165) is 11.4 Å². The number of anilines is 1. The van der Waals surface area contributed by atoms with Crippen LogP contribution >= 0.6 is 46.4 Å². The molecule has 0 bridgehead atoms. The van der Waals surface area contributed by atoms with Crippen molar-refractivity contribution >= 4 is 68.1 Å². The van der Waals surface area contributed by atoms with Crippen LogP contribution in [0.4, 0.5) is 5.69 Å². The van der Waals surface area contributed by atoms with Gasteiger partial charge >= 0.3 is 5.97 Å². The molecule has 0 fully saturated rings. The maximum Gasteiger partial charge on any atom is 0.326 e. The first-order valence-electron chi connectivity index (χ1n) is 6.67. The summed E-state index contributed by atoms with van der Waals surface area (Å²) in [6.45, 7) is -0.598. The molecule has 0 aliphatic rings. The predicted molar refractivity (Wildman–Crippen MR) is 99.5 cm³/mol. The molecule has 0 spiro atoms. The Kier molecular flexibility index (Phi) is 6.45. The Morgan fingerprint density at radius 3 is 2.32 bits per heavy atom. The molecule has 0 atom stereocenters. The molecule has 0 saturated carbocycles. The number of halogens is 4. The lowest BCUT2D eigenvalue weighted by Gasteiger charge is -2.24. The van der Waals surface area contributed by atoms with Gasteiger partial charge in [0.05, 0.1) is 37.8 Å². The Hall–Kier alpha value is -1.18. The van der Waals surface area contributed by atoms with E-state index in [9.17, 15) is 13.2 Å². The molecule has 0 N–H and O–H groups in total. The smallest absolute Gasteiger partial charge is 0.326 e. The lowest BCUT2D eigenvalue weighted by atomic mass is 10.3. The summed E-state index contributed by atoms with van der Waals surface area (Å²) in [5.41, 5.74) is 0.0330. The molecule has 0 radical (unpaired) electrons. The van der Waals surface area contributed by atoms with Gasteiger partial charge in [-0.2, -0.15) is 0 Å². The van der Waals surface area contributed by atoms with Crippen molar-refractivity contribution in [1.29, 1.82) is 0 Å². The fourth-order valence-corrected chi connectivity index (χ4v) is 4.19. The number of rotatable bonds is 5. The Morgan fingerprint density at radius 1 is 1.04 bits per heavy atom. The highest BCUT2D eigenvalue weighted by Crippen LogP contribution is 2.36. The van der Waals surface area contributed by atoms with Gasteiger partial charge in [-0.25, -0.2) is 8.42 Å². The SMILES string of the molecule is COC(=O)CN(c1cccc(Cl)c1Cl)S(=O)(=O)c1ccc(Cl)c(Cl)c1. The molecule has 0 aromatic heterocycles. The summed E-state index contributed by atoms with van der Waals surface area (Å²) >= 11 is 23.8. The van der Waals surface area contributed by atoms with Crippen molar-refractivity contribution in [1.82, 2.24) is 0 Å². The van der Waals surface area contributed by atoms with E-state index >= 15 is 0 Å². The standard InChI is InChI=1S/C15H11Cl4NO4S/c1-24-14(21)8-20(13-4-2-3-11(17)15(13)19)25(22,23)9-5-6-10(16)12(18)7-9/h2-7H,8H2,1H3. The van der Waals surface area contributed by atoms with Gasteiger partial charge in [0.2, 0.25) is 0 Å². The highest BCUT2D eigenvalue weighted by atomic mass is 35.5. The van der Waals surface area contributed by atoms with Gasteiger partial charge in [-0.05, 0) is 30.3 Å². The number of carbonyl (C=O) groups excluding carboxylic acids is 1. The van der Waals surface area contributed by atoms with Crippen LogP contribution in [-0.4, -0.2) is 28.0 Å². The number of carbonyl (C=O) groups is 1. The minimum Gasteiger partial charge on any atom is -0.468 e. The molecule has 0 saturated heterocycles. The molecule has 0 aliphatic carbocycles. The highest BCUT2D eigenvalue weighted by Gasteiger charge is 2.30. The average molecular weight is 443 g/mol. The van der Waals surface area contributed by atoms with E-state index in [-0.39, 0.29) is 30.7 Å². The lowest BCUT2D eigenvalue weighted by molar-refractivity contribution is -0.138. The second-order valence-corrected chi connectivity index (χ2v) is 8.20. The van der Waals surface area contributed by atoms with Crippen molar-refractivity contribution in [3.05, 3.63) is 56.5 Å². The van der Waals surface area contributed by atoms with Gasteiger partial charge in [0.25, 0.3) is 10.0 Å². The molecular weight excluding hydrogens is 432 g/mol. The van der Waals surface area contributed by atoms with Crippen molar-refractivity contribution in [2.24, 2.45) is 0 Å². The van der Waals surface area contributed by atoms with Gasteiger partial charge in [0.15, 0.2) is 0 Å². The quantitative estimate of drug-likeness (QED) is 0.631. The second kappa shape index (κ2) is 8.01. The third-order valence-corrected chi connectivity index (χ3v) is 6.48. The number of benzene rings is 2. The molecular formula is C15H11Cl4NO4S. The predicted octanol–water partition coefficient (Wildman–Crippen LogP) is 4.67. The number of nitrogens with zero attached hydrogens (tertiary/aromatic N) is 1. The normalized spacial score (nSPS) is 11.2. The highest BCUT2D eigenvalue weighted by molar-refractivity contribution is 7.92. The lowest BCUT2D eigenvalue weighted by Crippen LogP contribution is -2.36. The topological polar surface area (TPSA) is 63.7 Å². The molecule has 2 aromatic carbocycles. The summed E-state index contributed by atoms with van der Waals surface area (Å²) in [5, 5.41) is 0.369. The number of hydrogen-bond donors (Lipinski definition) is 0. The third kappa shape index (κ3) is 4.33. The molecule has 0 aliphatic heterocycles. The molecule has 2 aromatic rings. The first-order valence-corrected chi connectivity index (χ1v) is 9.62. The number of sulfonamides is 1. The van der Waals surface area contributed by atoms with E-state index in [2.05, 4.69) is 4.74 Å². The Balaban J connectivity index is 2.63.